The van der Waals surface area contributed by atoms with Crippen LogP contribution in [0.1, 0.15) is 31.2 Å². The lowest BCUT2D eigenvalue weighted by Crippen LogP contribution is -2.61. The van der Waals surface area contributed by atoms with Gasteiger partial charge in [-0.2, -0.15) is 0 Å². The number of carbonyl (C=O) groups excluding carboxylic acids is 1. The number of amides is 2. The fourth-order valence-corrected chi connectivity index (χ4v) is 4.99. The molecule has 4 aliphatic heterocycles. The minimum absolute atomic E-state index is 0.0828. The van der Waals surface area contributed by atoms with Crippen LogP contribution in [0.2, 0.25) is 0 Å². The highest BCUT2D eigenvalue weighted by atomic mass is 19.2. The van der Waals surface area contributed by atoms with E-state index in [1.54, 1.807) is 12.1 Å². The topological polar surface area (TPSA) is 35.6 Å². The summed E-state index contributed by atoms with van der Waals surface area (Å²) in [7, 11) is 0. The van der Waals surface area contributed by atoms with Gasteiger partial charge in [-0.3, -0.25) is 4.90 Å². The van der Waals surface area contributed by atoms with Crippen molar-refractivity contribution in [2.45, 2.75) is 37.8 Å². The Hall–Kier alpha value is -1.69. The van der Waals surface area contributed by atoms with Gasteiger partial charge in [0.25, 0.3) is 0 Å². The highest BCUT2D eigenvalue weighted by molar-refractivity contribution is 5.75. The summed E-state index contributed by atoms with van der Waals surface area (Å²) in [6.07, 6.45) is 2.16. The predicted molar refractivity (Wildman–Crippen MR) is 86.8 cm³/mol. The molecule has 0 aromatic heterocycles. The average molecular weight is 335 g/mol. The molecule has 3 atom stereocenters. The lowest BCUT2D eigenvalue weighted by Gasteiger charge is -2.51. The Morgan fingerprint density at radius 3 is 2.71 bits per heavy atom. The molecule has 5 rings (SSSR count). The van der Waals surface area contributed by atoms with Crippen molar-refractivity contribution in [3.8, 4) is 0 Å². The number of nitrogens with zero attached hydrogens (tertiary/aromatic N) is 2. The molecule has 4 nitrogen and oxygen atoms in total. The van der Waals surface area contributed by atoms with E-state index < -0.39 is 11.6 Å². The molecule has 130 valence electrons. The van der Waals surface area contributed by atoms with Crippen molar-refractivity contribution >= 4 is 6.03 Å². The molecular weight excluding hydrogens is 312 g/mol. The van der Waals surface area contributed by atoms with E-state index in [1.807, 2.05) is 11.8 Å². The molecule has 2 bridgehead atoms. The van der Waals surface area contributed by atoms with E-state index in [2.05, 4.69) is 10.2 Å². The van der Waals surface area contributed by atoms with Gasteiger partial charge in [0.2, 0.25) is 0 Å². The van der Waals surface area contributed by atoms with E-state index in [1.165, 1.54) is 0 Å². The first-order valence-electron chi connectivity index (χ1n) is 8.84. The molecule has 0 unspecified atom stereocenters. The van der Waals surface area contributed by atoms with Gasteiger partial charge in [0, 0.05) is 25.0 Å². The molecular formula is C18H23F2N3O. The van der Waals surface area contributed by atoms with Crippen LogP contribution in [0.4, 0.5) is 13.6 Å². The quantitative estimate of drug-likeness (QED) is 0.902. The van der Waals surface area contributed by atoms with E-state index in [-0.39, 0.29) is 24.0 Å². The van der Waals surface area contributed by atoms with Gasteiger partial charge in [-0.1, -0.05) is 12.1 Å². The molecule has 6 heteroatoms. The van der Waals surface area contributed by atoms with Gasteiger partial charge < -0.3 is 10.2 Å². The number of likely N-dealkylation sites (tertiary alicyclic amines) is 1. The van der Waals surface area contributed by atoms with Crippen molar-refractivity contribution in [1.29, 1.82) is 0 Å². The van der Waals surface area contributed by atoms with Crippen molar-refractivity contribution in [1.82, 2.24) is 15.1 Å². The Morgan fingerprint density at radius 2 is 2.00 bits per heavy atom. The maximum absolute atomic E-state index is 14.4. The number of benzene rings is 1. The standard InChI is InChI=1S/C18H23F2N3O/c1-2-21-18(24)23-10-13(12-4-3-5-14(19)15(12)20)17-16(23)11-6-8-22(17)9-7-11/h3-5,11,13,16-17H,2,6-10H2,1H3,(H,21,24)/t13-,16+,17+/m1/s1. The van der Waals surface area contributed by atoms with Crippen molar-refractivity contribution in [3.63, 3.8) is 0 Å². The van der Waals surface area contributed by atoms with Crippen LogP contribution in [-0.2, 0) is 0 Å². The largest absolute Gasteiger partial charge is 0.338 e. The third-order valence-electron chi connectivity index (χ3n) is 5.96. The SMILES string of the molecule is CCNC(=O)N1C[C@H](c2cccc(F)c2F)[C@H]2[C@@H]1C1CCN2CC1. The summed E-state index contributed by atoms with van der Waals surface area (Å²) < 4.78 is 28.2. The monoisotopic (exact) mass is 335 g/mol. The second-order valence-corrected chi connectivity index (χ2v) is 7.09. The maximum Gasteiger partial charge on any atom is 0.317 e. The normalized spacial score (nSPS) is 34.3. The molecule has 2 amide bonds. The van der Waals surface area contributed by atoms with Gasteiger partial charge in [0.15, 0.2) is 11.6 Å². The number of hydrogen-bond donors (Lipinski definition) is 1. The van der Waals surface area contributed by atoms with Gasteiger partial charge in [0.1, 0.15) is 0 Å². The molecule has 1 N–H and O–H groups in total. The van der Waals surface area contributed by atoms with E-state index in [9.17, 15) is 13.6 Å². The average Bonchev–Trinajstić information content (AvgIpc) is 3.01. The van der Waals surface area contributed by atoms with Crippen molar-refractivity contribution in [2.75, 3.05) is 26.2 Å². The van der Waals surface area contributed by atoms with E-state index in [4.69, 9.17) is 0 Å². The van der Waals surface area contributed by atoms with Gasteiger partial charge in [-0.15, -0.1) is 0 Å². The third kappa shape index (κ3) is 2.31. The zero-order chi connectivity index (χ0) is 16.8. The summed E-state index contributed by atoms with van der Waals surface area (Å²) >= 11 is 0. The number of rotatable bonds is 2. The Labute approximate surface area is 140 Å². The van der Waals surface area contributed by atoms with Crippen LogP contribution in [0.25, 0.3) is 0 Å². The number of hydrogen-bond acceptors (Lipinski definition) is 2. The summed E-state index contributed by atoms with van der Waals surface area (Å²) in [6, 6.07) is 4.50. The van der Waals surface area contributed by atoms with Crippen molar-refractivity contribution in [2.24, 2.45) is 5.92 Å². The van der Waals surface area contributed by atoms with Crippen molar-refractivity contribution in [3.05, 3.63) is 35.4 Å². The summed E-state index contributed by atoms with van der Waals surface area (Å²) in [5.74, 6) is -1.28. The summed E-state index contributed by atoms with van der Waals surface area (Å²) in [4.78, 5) is 16.8. The van der Waals surface area contributed by atoms with Gasteiger partial charge in [0.05, 0.1) is 6.04 Å². The van der Waals surface area contributed by atoms with Crippen LogP contribution >= 0.6 is 0 Å². The maximum atomic E-state index is 14.4. The van der Waals surface area contributed by atoms with Crippen LogP contribution in [0.5, 0.6) is 0 Å². The van der Waals surface area contributed by atoms with Crippen LogP contribution in [-0.4, -0.2) is 54.1 Å². The van der Waals surface area contributed by atoms with Crippen LogP contribution in [0, 0.1) is 17.6 Å². The van der Waals surface area contributed by atoms with Gasteiger partial charge >= 0.3 is 6.03 Å². The third-order valence-corrected chi connectivity index (χ3v) is 5.96. The Bertz CT molecular complexity index is 645. The minimum atomic E-state index is -0.809. The summed E-state index contributed by atoms with van der Waals surface area (Å²) in [6.45, 7) is 4.89. The predicted octanol–water partition coefficient (Wildman–Crippen LogP) is 2.56. The highest BCUT2D eigenvalue weighted by Crippen LogP contribution is 2.47. The van der Waals surface area contributed by atoms with Crippen molar-refractivity contribution < 1.29 is 13.6 Å². The first kappa shape index (κ1) is 15.8. The molecule has 0 saturated carbocycles. The Balaban J connectivity index is 1.72. The zero-order valence-electron chi connectivity index (χ0n) is 13.8. The number of carbonyl (C=O) groups is 1. The molecule has 0 aliphatic carbocycles. The number of piperidine rings is 3. The Morgan fingerprint density at radius 1 is 1.25 bits per heavy atom. The molecule has 4 saturated heterocycles. The molecule has 24 heavy (non-hydrogen) atoms. The number of halogens is 2. The molecule has 1 aromatic carbocycles. The first-order chi connectivity index (χ1) is 11.6. The first-order valence-corrected chi connectivity index (χ1v) is 8.84. The molecule has 0 radical (unpaired) electrons. The smallest absolute Gasteiger partial charge is 0.317 e. The Kier molecular flexibility index (Phi) is 3.95. The second kappa shape index (κ2) is 5.99. The fourth-order valence-electron chi connectivity index (χ4n) is 4.99. The number of urea groups is 1. The molecule has 4 fully saturated rings. The van der Waals surface area contributed by atoms with Crippen LogP contribution in [0.3, 0.4) is 0 Å². The van der Waals surface area contributed by atoms with Gasteiger partial charge in [-0.05, 0) is 50.4 Å². The molecule has 1 aromatic rings. The second-order valence-electron chi connectivity index (χ2n) is 7.09. The van der Waals surface area contributed by atoms with E-state index in [0.29, 0.717) is 24.6 Å². The van der Waals surface area contributed by atoms with E-state index in [0.717, 1.165) is 32.0 Å². The lowest BCUT2D eigenvalue weighted by atomic mass is 9.75. The van der Waals surface area contributed by atoms with E-state index >= 15 is 0 Å². The molecule has 4 heterocycles. The molecule has 4 aliphatic rings. The highest BCUT2D eigenvalue weighted by Gasteiger charge is 2.55. The minimum Gasteiger partial charge on any atom is -0.338 e. The number of nitrogens with one attached hydrogen (secondary N) is 1. The zero-order valence-corrected chi connectivity index (χ0v) is 13.8. The van der Waals surface area contributed by atoms with Crippen LogP contribution < -0.4 is 5.32 Å². The fraction of sp³-hybridized carbons (Fsp3) is 0.611. The molecule has 0 spiro atoms. The summed E-state index contributed by atoms with van der Waals surface area (Å²) in [5, 5.41) is 2.88. The van der Waals surface area contributed by atoms with Gasteiger partial charge in [-0.25, -0.2) is 13.6 Å². The summed E-state index contributed by atoms with van der Waals surface area (Å²) in [5.41, 5.74) is 0.407. The number of fused-ring (bicyclic) bond motifs is 2. The van der Waals surface area contributed by atoms with Crippen LogP contribution in [0.15, 0.2) is 18.2 Å². The lowest BCUT2D eigenvalue weighted by molar-refractivity contribution is 0.00335.